The molecule has 0 bridgehead atoms. The number of rotatable bonds is 1. The van der Waals surface area contributed by atoms with Crippen LogP contribution in [0.15, 0.2) is 23.0 Å². The van der Waals surface area contributed by atoms with Crippen LogP contribution < -0.4 is 5.43 Å². The summed E-state index contributed by atoms with van der Waals surface area (Å²) in [6, 6.07) is 3.37. The van der Waals surface area contributed by atoms with Crippen LogP contribution in [0.2, 0.25) is 0 Å². The van der Waals surface area contributed by atoms with Crippen LogP contribution in [-0.2, 0) is 0 Å². The number of nitrogens with zero attached hydrogens (tertiary/aromatic N) is 1. The molecule has 0 saturated heterocycles. The highest BCUT2D eigenvalue weighted by atomic mass is 19.2. The molecule has 1 aromatic carbocycles. The van der Waals surface area contributed by atoms with Crippen molar-refractivity contribution in [1.29, 1.82) is 0 Å². The van der Waals surface area contributed by atoms with E-state index in [0.29, 0.717) is 0 Å². The highest BCUT2D eigenvalue weighted by molar-refractivity contribution is 5.94. The predicted molar refractivity (Wildman–Crippen MR) is 53.3 cm³/mol. The molecule has 0 atom stereocenters. The van der Waals surface area contributed by atoms with Gasteiger partial charge in [-0.3, -0.25) is 4.79 Å². The van der Waals surface area contributed by atoms with Crippen LogP contribution in [0.5, 0.6) is 5.75 Å². The number of halogens is 2. The maximum absolute atomic E-state index is 13.4. The average molecular weight is 241 g/mol. The third-order valence-electron chi connectivity index (χ3n) is 2.28. The molecule has 0 amide bonds. The second-order valence-corrected chi connectivity index (χ2v) is 3.25. The van der Waals surface area contributed by atoms with Crippen molar-refractivity contribution in [3.05, 3.63) is 39.9 Å². The quantitative estimate of drug-likeness (QED) is 0.737. The molecule has 5 nitrogen and oxygen atoms in total. The van der Waals surface area contributed by atoms with E-state index in [1.165, 1.54) is 6.07 Å². The predicted octanol–water partition coefficient (Wildman–Crippen LogP) is 1.28. The van der Waals surface area contributed by atoms with Gasteiger partial charge in [-0.1, -0.05) is 10.5 Å². The zero-order valence-corrected chi connectivity index (χ0v) is 8.15. The third kappa shape index (κ3) is 1.43. The van der Waals surface area contributed by atoms with Crippen LogP contribution in [0.1, 0.15) is 10.4 Å². The van der Waals surface area contributed by atoms with Crippen LogP contribution in [0.25, 0.3) is 10.9 Å². The largest absolute Gasteiger partial charge is 0.506 e. The first-order valence-corrected chi connectivity index (χ1v) is 4.40. The lowest BCUT2D eigenvalue weighted by molar-refractivity contribution is 0.0685. The summed E-state index contributed by atoms with van der Waals surface area (Å²) in [7, 11) is 0. The Morgan fingerprint density at radius 1 is 1.35 bits per heavy atom. The van der Waals surface area contributed by atoms with Gasteiger partial charge in [0.05, 0.1) is 5.39 Å². The van der Waals surface area contributed by atoms with E-state index in [2.05, 4.69) is 0 Å². The number of carboxylic acids is 1. The fraction of sp³-hybridized carbons (Fsp3) is 0. The summed E-state index contributed by atoms with van der Waals surface area (Å²) in [5.41, 5.74) is -3.18. The van der Waals surface area contributed by atoms with Gasteiger partial charge in [0.2, 0.25) is 11.4 Å². The van der Waals surface area contributed by atoms with Crippen molar-refractivity contribution in [3.63, 3.8) is 0 Å². The SMILES string of the molecule is O=C(O)c1c(F)n(F)c2c(O)cccc2c1=O. The van der Waals surface area contributed by atoms with E-state index >= 15 is 0 Å². The highest BCUT2D eigenvalue weighted by Gasteiger charge is 2.23. The summed E-state index contributed by atoms with van der Waals surface area (Å²) < 4.78 is 26.8. The van der Waals surface area contributed by atoms with E-state index in [4.69, 9.17) is 5.11 Å². The molecule has 0 aliphatic heterocycles. The number of carbonyl (C=O) groups is 1. The summed E-state index contributed by atoms with van der Waals surface area (Å²) in [4.78, 5) is 21.6. The van der Waals surface area contributed by atoms with E-state index < -0.39 is 44.4 Å². The van der Waals surface area contributed by atoms with E-state index in [9.17, 15) is 23.6 Å². The molecule has 1 heterocycles. The Labute approximate surface area is 92.1 Å². The number of hydrogen-bond donors (Lipinski definition) is 2. The molecule has 7 heteroatoms. The number of benzene rings is 1. The fourth-order valence-electron chi connectivity index (χ4n) is 1.53. The van der Waals surface area contributed by atoms with Gasteiger partial charge in [-0.25, -0.2) is 4.79 Å². The Morgan fingerprint density at radius 3 is 2.59 bits per heavy atom. The van der Waals surface area contributed by atoms with Crippen LogP contribution in [-0.4, -0.2) is 21.0 Å². The number of aromatic hydroxyl groups is 1. The molecular formula is C10H5F2NO4. The summed E-state index contributed by atoms with van der Waals surface area (Å²) in [5.74, 6) is -4.38. The summed E-state index contributed by atoms with van der Waals surface area (Å²) in [6.07, 6.45) is 0. The monoisotopic (exact) mass is 241 g/mol. The maximum atomic E-state index is 13.4. The van der Waals surface area contributed by atoms with Crippen LogP contribution in [0, 0.1) is 5.95 Å². The van der Waals surface area contributed by atoms with Crippen LogP contribution >= 0.6 is 0 Å². The Hall–Kier alpha value is -2.44. The molecule has 0 aliphatic rings. The third-order valence-corrected chi connectivity index (χ3v) is 2.28. The van der Waals surface area contributed by atoms with Crippen LogP contribution in [0.3, 0.4) is 0 Å². The zero-order valence-electron chi connectivity index (χ0n) is 8.15. The van der Waals surface area contributed by atoms with Crippen LogP contribution in [0.4, 0.5) is 8.87 Å². The van der Waals surface area contributed by atoms with Crippen molar-refractivity contribution < 1.29 is 23.9 Å². The number of pyridine rings is 1. The molecule has 0 fully saturated rings. The standard InChI is InChI=1S/C10H5F2NO4/c11-9-6(10(16)17)8(15)4-2-1-3-5(14)7(4)13(9)12/h1-3,14H,(H,16,17). The van der Waals surface area contributed by atoms with E-state index in [-0.39, 0.29) is 0 Å². The number of fused-ring (bicyclic) bond motifs is 1. The van der Waals surface area contributed by atoms with Crippen molar-refractivity contribution in [1.82, 2.24) is 4.79 Å². The van der Waals surface area contributed by atoms with E-state index in [0.717, 1.165) is 12.1 Å². The van der Waals surface area contributed by atoms with Gasteiger partial charge in [0, 0.05) is 0 Å². The molecule has 0 radical (unpaired) electrons. The maximum Gasteiger partial charge on any atom is 0.344 e. The van der Waals surface area contributed by atoms with Gasteiger partial charge in [0.25, 0.3) is 0 Å². The van der Waals surface area contributed by atoms with Crippen molar-refractivity contribution in [2.24, 2.45) is 0 Å². The van der Waals surface area contributed by atoms with Gasteiger partial charge < -0.3 is 10.2 Å². The van der Waals surface area contributed by atoms with Gasteiger partial charge in [0.15, 0.2) is 5.56 Å². The Balaban J connectivity index is 3.12. The minimum atomic E-state index is -1.87. The molecule has 0 saturated carbocycles. The molecular weight excluding hydrogens is 236 g/mol. The van der Waals surface area contributed by atoms with Crippen molar-refractivity contribution >= 4 is 16.9 Å². The normalized spacial score (nSPS) is 10.7. The number of phenolic OH excluding ortho intramolecular Hbond substituents is 1. The molecule has 2 N–H and O–H groups in total. The number of carboxylic acid groups (broad SMARTS) is 1. The molecule has 1 aromatic heterocycles. The number of hydrogen-bond acceptors (Lipinski definition) is 3. The number of para-hydroxylation sites is 1. The average Bonchev–Trinajstić information content (AvgIpc) is 2.25. The first-order valence-electron chi connectivity index (χ1n) is 4.40. The van der Waals surface area contributed by atoms with Gasteiger partial charge in [-0.15, -0.1) is 4.79 Å². The second kappa shape index (κ2) is 3.55. The number of phenols is 1. The molecule has 2 rings (SSSR count). The topological polar surface area (TPSA) is 79.5 Å². The molecule has 17 heavy (non-hydrogen) atoms. The van der Waals surface area contributed by atoms with E-state index in [1.807, 2.05) is 0 Å². The number of aromatic carboxylic acids is 1. The smallest absolute Gasteiger partial charge is 0.344 e. The van der Waals surface area contributed by atoms with Crippen molar-refractivity contribution in [2.75, 3.05) is 0 Å². The van der Waals surface area contributed by atoms with Crippen molar-refractivity contribution in [3.8, 4) is 5.75 Å². The lowest BCUT2D eigenvalue weighted by atomic mass is 10.1. The lowest BCUT2D eigenvalue weighted by Crippen LogP contribution is -2.21. The highest BCUT2D eigenvalue weighted by Crippen LogP contribution is 2.24. The fourth-order valence-corrected chi connectivity index (χ4v) is 1.53. The lowest BCUT2D eigenvalue weighted by Gasteiger charge is -2.06. The first-order chi connectivity index (χ1) is 7.95. The number of aromatic nitrogens is 1. The Bertz CT molecular complexity index is 693. The molecule has 0 aliphatic carbocycles. The molecule has 2 aromatic rings. The zero-order chi connectivity index (χ0) is 12.7. The summed E-state index contributed by atoms with van der Waals surface area (Å²) in [5, 5.41) is 17.5. The van der Waals surface area contributed by atoms with Gasteiger partial charge >= 0.3 is 5.97 Å². The van der Waals surface area contributed by atoms with Crippen molar-refractivity contribution in [2.45, 2.75) is 0 Å². The summed E-state index contributed by atoms with van der Waals surface area (Å²) in [6.45, 7) is 0. The van der Waals surface area contributed by atoms with E-state index in [1.54, 1.807) is 0 Å². The van der Waals surface area contributed by atoms with Gasteiger partial charge in [0.1, 0.15) is 11.3 Å². The molecule has 0 spiro atoms. The van der Waals surface area contributed by atoms with Gasteiger partial charge in [-0.2, -0.15) is 4.39 Å². The second-order valence-electron chi connectivity index (χ2n) is 3.25. The van der Waals surface area contributed by atoms with Gasteiger partial charge in [-0.05, 0) is 12.1 Å². The minimum Gasteiger partial charge on any atom is -0.506 e. The summed E-state index contributed by atoms with van der Waals surface area (Å²) >= 11 is 0. The molecule has 0 unspecified atom stereocenters. The first kappa shape index (κ1) is 11.1. The molecule has 88 valence electrons. The Kier molecular flexibility index (Phi) is 2.31. The minimum absolute atomic E-state index is 0.411. The Morgan fingerprint density at radius 2 is 2.00 bits per heavy atom.